The molecule has 2 rings (SSSR count). The van der Waals surface area contributed by atoms with Crippen LogP contribution in [0.2, 0.25) is 0 Å². The van der Waals surface area contributed by atoms with Crippen LogP contribution in [0.15, 0.2) is 24.3 Å². The second-order valence-corrected chi connectivity index (χ2v) is 5.89. The second kappa shape index (κ2) is 6.75. The predicted molar refractivity (Wildman–Crippen MR) is 79.9 cm³/mol. The molecule has 0 aliphatic carbocycles. The van der Waals surface area contributed by atoms with Crippen LogP contribution in [0.4, 0.5) is 0 Å². The molecule has 0 bridgehead atoms. The van der Waals surface area contributed by atoms with Gasteiger partial charge in [-0.2, -0.15) is 0 Å². The maximum absolute atomic E-state index is 12.5. The first kappa shape index (κ1) is 14.9. The Labute approximate surface area is 120 Å². The number of likely N-dealkylation sites (tertiary alicyclic amines) is 1. The van der Waals surface area contributed by atoms with E-state index in [4.69, 9.17) is 10.5 Å². The third-order valence-corrected chi connectivity index (χ3v) is 3.41. The first-order valence-electron chi connectivity index (χ1n) is 7.34. The van der Waals surface area contributed by atoms with Crippen LogP contribution >= 0.6 is 0 Å². The molecule has 0 spiro atoms. The first-order valence-corrected chi connectivity index (χ1v) is 7.34. The summed E-state index contributed by atoms with van der Waals surface area (Å²) in [5.41, 5.74) is 6.61. The summed E-state index contributed by atoms with van der Waals surface area (Å²) in [5, 5.41) is 0. The number of carbonyl (C=O) groups is 1. The summed E-state index contributed by atoms with van der Waals surface area (Å²) in [4.78, 5) is 14.3. The van der Waals surface area contributed by atoms with Gasteiger partial charge in [-0.15, -0.1) is 0 Å². The number of ether oxygens (including phenoxy) is 1. The molecule has 1 saturated heterocycles. The molecule has 0 radical (unpaired) electrons. The molecular weight excluding hydrogens is 252 g/mol. The van der Waals surface area contributed by atoms with E-state index in [2.05, 4.69) is 13.8 Å². The van der Waals surface area contributed by atoms with Gasteiger partial charge < -0.3 is 15.4 Å². The fraction of sp³-hybridized carbons (Fsp3) is 0.562. The van der Waals surface area contributed by atoms with Crippen LogP contribution in [0.5, 0.6) is 5.75 Å². The maximum atomic E-state index is 12.5. The molecule has 1 aliphatic heterocycles. The van der Waals surface area contributed by atoms with Gasteiger partial charge in [-0.25, -0.2) is 0 Å². The minimum absolute atomic E-state index is 0.0511. The summed E-state index contributed by atoms with van der Waals surface area (Å²) in [6.45, 7) is 6.31. The largest absolute Gasteiger partial charge is 0.493 e. The predicted octanol–water partition coefficient (Wildman–Crippen LogP) is 2.28. The highest BCUT2D eigenvalue weighted by Gasteiger charge is 2.22. The average Bonchev–Trinajstić information content (AvgIpc) is 2.44. The molecule has 4 heteroatoms. The minimum atomic E-state index is 0.0511. The van der Waals surface area contributed by atoms with Crippen LogP contribution in [-0.4, -0.2) is 36.5 Å². The zero-order chi connectivity index (χ0) is 14.5. The van der Waals surface area contributed by atoms with Crippen LogP contribution < -0.4 is 10.5 Å². The fourth-order valence-electron chi connectivity index (χ4n) is 2.36. The molecular formula is C16H24N2O2. The van der Waals surface area contributed by atoms with Crippen LogP contribution in [0.25, 0.3) is 0 Å². The Balaban J connectivity index is 2.04. The van der Waals surface area contributed by atoms with E-state index >= 15 is 0 Å². The third-order valence-electron chi connectivity index (χ3n) is 3.41. The Morgan fingerprint density at radius 3 is 3.00 bits per heavy atom. The SMILES string of the molecule is CC(C)COc1cccc(C(=O)N2CCCC(N)C2)c1. The highest BCUT2D eigenvalue weighted by molar-refractivity contribution is 5.94. The standard InChI is InChI=1S/C16H24N2O2/c1-12(2)11-20-15-7-3-5-13(9-15)16(19)18-8-4-6-14(17)10-18/h3,5,7,9,12,14H,4,6,8,10-11,17H2,1-2H3. The van der Waals surface area contributed by atoms with E-state index in [9.17, 15) is 4.79 Å². The Morgan fingerprint density at radius 2 is 2.30 bits per heavy atom. The topological polar surface area (TPSA) is 55.6 Å². The summed E-state index contributed by atoms with van der Waals surface area (Å²) in [6.07, 6.45) is 1.98. The van der Waals surface area contributed by atoms with E-state index in [0.29, 0.717) is 24.6 Å². The molecule has 1 amide bonds. The second-order valence-electron chi connectivity index (χ2n) is 5.89. The Bertz CT molecular complexity index is 460. The van der Waals surface area contributed by atoms with Gasteiger partial charge >= 0.3 is 0 Å². The lowest BCUT2D eigenvalue weighted by molar-refractivity contribution is 0.0708. The van der Waals surface area contributed by atoms with Gasteiger partial charge in [-0.1, -0.05) is 19.9 Å². The van der Waals surface area contributed by atoms with Crippen molar-refractivity contribution in [2.75, 3.05) is 19.7 Å². The van der Waals surface area contributed by atoms with Gasteiger partial charge in [0.25, 0.3) is 5.91 Å². The number of benzene rings is 1. The molecule has 2 N–H and O–H groups in total. The van der Waals surface area contributed by atoms with Crippen molar-refractivity contribution in [2.24, 2.45) is 11.7 Å². The fourth-order valence-corrected chi connectivity index (χ4v) is 2.36. The summed E-state index contributed by atoms with van der Waals surface area (Å²) in [7, 11) is 0. The smallest absolute Gasteiger partial charge is 0.254 e. The van der Waals surface area contributed by atoms with Crippen molar-refractivity contribution in [1.29, 1.82) is 0 Å². The number of nitrogens with zero attached hydrogens (tertiary/aromatic N) is 1. The average molecular weight is 276 g/mol. The summed E-state index contributed by atoms with van der Waals surface area (Å²) in [6, 6.07) is 7.52. The lowest BCUT2D eigenvalue weighted by Gasteiger charge is -2.30. The number of amides is 1. The van der Waals surface area contributed by atoms with Gasteiger partial charge in [-0.05, 0) is 37.0 Å². The van der Waals surface area contributed by atoms with Crippen LogP contribution in [0, 0.1) is 5.92 Å². The first-order chi connectivity index (χ1) is 9.56. The number of piperidine rings is 1. The van der Waals surface area contributed by atoms with E-state index in [0.717, 1.165) is 25.1 Å². The van der Waals surface area contributed by atoms with Gasteiger partial charge in [-0.3, -0.25) is 4.79 Å². The number of rotatable bonds is 4. The van der Waals surface area contributed by atoms with Crippen molar-refractivity contribution in [1.82, 2.24) is 4.90 Å². The highest BCUT2D eigenvalue weighted by Crippen LogP contribution is 2.18. The van der Waals surface area contributed by atoms with Crippen LogP contribution in [-0.2, 0) is 0 Å². The lowest BCUT2D eigenvalue weighted by Crippen LogP contribution is -2.45. The van der Waals surface area contributed by atoms with Crippen molar-refractivity contribution in [3.05, 3.63) is 29.8 Å². The lowest BCUT2D eigenvalue weighted by atomic mass is 10.1. The Kier molecular flexibility index (Phi) is 5.01. The van der Waals surface area contributed by atoms with Gasteiger partial charge in [0.15, 0.2) is 0 Å². The molecule has 1 heterocycles. The van der Waals surface area contributed by atoms with Gasteiger partial charge in [0.2, 0.25) is 0 Å². The minimum Gasteiger partial charge on any atom is -0.493 e. The Morgan fingerprint density at radius 1 is 1.50 bits per heavy atom. The van der Waals surface area contributed by atoms with Gasteiger partial charge in [0, 0.05) is 24.7 Å². The van der Waals surface area contributed by atoms with Crippen LogP contribution in [0.3, 0.4) is 0 Å². The molecule has 1 atom stereocenters. The number of carbonyl (C=O) groups excluding carboxylic acids is 1. The molecule has 1 aromatic rings. The molecule has 1 unspecified atom stereocenters. The monoisotopic (exact) mass is 276 g/mol. The van der Waals surface area contributed by atoms with Crippen molar-refractivity contribution >= 4 is 5.91 Å². The Hall–Kier alpha value is -1.55. The van der Waals surface area contributed by atoms with Gasteiger partial charge in [0.1, 0.15) is 5.75 Å². The van der Waals surface area contributed by atoms with Crippen molar-refractivity contribution in [3.8, 4) is 5.75 Å². The van der Waals surface area contributed by atoms with Crippen molar-refractivity contribution in [3.63, 3.8) is 0 Å². The summed E-state index contributed by atoms with van der Waals surface area (Å²) in [5.74, 6) is 1.27. The molecule has 4 nitrogen and oxygen atoms in total. The van der Waals surface area contributed by atoms with E-state index in [-0.39, 0.29) is 11.9 Å². The zero-order valence-electron chi connectivity index (χ0n) is 12.3. The molecule has 0 aromatic heterocycles. The molecule has 0 saturated carbocycles. The van der Waals surface area contributed by atoms with E-state index in [1.54, 1.807) is 0 Å². The van der Waals surface area contributed by atoms with Crippen molar-refractivity contribution < 1.29 is 9.53 Å². The quantitative estimate of drug-likeness (QED) is 0.918. The number of nitrogens with two attached hydrogens (primary N) is 1. The molecule has 20 heavy (non-hydrogen) atoms. The number of hydrogen-bond donors (Lipinski definition) is 1. The van der Waals surface area contributed by atoms with Gasteiger partial charge in [0.05, 0.1) is 6.61 Å². The third kappa shape index (κ3) is 3.97. The summed E-state index contributed by atoms with van der Waals surface area (Å²) < 4.78 is 5.67. The van der Waals surface area contributed by atoms with E-state index in [1.165, 1.54) is 0 Å². The highest BCUT2D eigenvalue weighted by atomic mass is 16.5. The van der Waals surface area contributed by atoms with Crippen LogP contribution in [0.1, 0.15) is 37.0 Å². The van der Waals surface area contributed by atoms with E-state index < -0.39 is 0 Å². The molecule has 110 valence electrons. The normalized spacial score (nSPS) is 19.2. The molecule has 1 fully saturated rings. The maximum Gasteiger partial charge on any atom is 0.254 e. The molecule has 1 aromatic carbocycles. The van der Waals surface area contributed by atoms with Crippen molar-refractivity contribution in [2.45, 2.75) is 32.7 Å². The van der Waals surface area contributed by atoms with E-state index in [1.807, 2.05) is 29.2 Å². The summed E-state index contributed by atoms with van der Waals surface area (Å²) >= 11 is 0. The number of hydrogen-bond acceptors (Lipinski definition) is 3. The molecule has 1 aliphatic rings. The zero-order valence-corrected chi connectivity index (χ0v) is 12.3.